The first kappa shape index (κ1) is 15.5. The van der Waals surface area contributed by atoms with E-state index in [0.29, 0.717) is 5.82 Å². The first-order valence-corrected chi connectivity index (χ1v) is 7.72. The van der Waals surface area contributed by atoms with Gasteiger partial charge in [-0.3, -0.25) is 0 Å². The highest BCUT2D eigenvalue weighted by Gasteiger charge is 2.17. The second-order valence-corrected chi connectivity index (χ2v) is 6.74. The number of carboxylic acid groups (broad SMARTS) is 1. The topological polar surface area (TPSA) is 62.2 Å². The van der Waals surface area contributed by atoms with Crippen LogP contribution in [0.3, 0.4) is 0 Å². The highest BCUT2D eigenvalue weighted by atomic mass is 32.1. The molecule has 0 aliphatic rings. The lowest BCUT2D eigenvalue weighted by Crippen LogP contribution is -2.21. The SMILES string of the molecule is Cc1cc(C)c(C(=O)O)c(NC(C)Cc2ccc(C)s2)n1. The van der Waals surface area contributed by atoms with Crippen LogP contribution in [-0.4, -0.2) is 22.1 Å². The molecule has 0 aromatic carbocycles. The van der Waals surface area contributed by atoms with Crippen LogP contribution in [0.2, 0.25) is 0 Å². The van der Waals surface area contributed by atoms with Gasteiger partial charge in [-0.2, -0.15) is 0 Å². The number of aromatic nitrogens is 1. The van der Waals surface area contributed by atoms with Gasteiger partial charge in [-0.05, 0) is 51.5 Å². The molecule has 0 saturated heterocycles. The van der Waals surface area contributed by atoms with E-state index >= 15 is 0 Å². The molecule has 1 unspecified atom stereocenters. The minimum Gasteiger partial charge on any atom is -0.478 e. The van der Waals surface area contributed by atoms with E-state index in [-0.39, 0.29) is 11.6 Å². The molecule has 2 aromatic rings. The number of rotatable bonds is 5. The fourth-order valence-corrected chi connectivity index (χ4v) is 3.41. The number of hydrogen-bond acceptors (Lipinski definition) is 4. The summed E-state index contributed by atoms with van der Waals surface area (Å²) in [4.78, 5) is 18.3. The van der Waals surface area contributed by atoms with Gasteiger partial charge in [0.2, 0.25) is 0 Å². The van der Waals surface area contributed by atoms with Crippen LogP contribution in [0.25, 0.3) is 0 Å². The zero-order valence-electron chi connectivity index (χ0n) is 12.7. The van der Waals surface area contributed by atoms with Crippen molar-refractivity contribution >= 4 is 23.1 Å². The van der Waals surface area contributed by atoms with E-state index in [1.165, 1.54) is 9.75 Å². The average molecular weight is 304 g/mol. The summed E-state index contributed by atoms with van der Waals surface area (Å²) in [7, 11) is 0. The Kier molecular flexibility index (Phi) is 4.63. The molecule has 2 heterocycles. The Morgan fingerprint density at radius 1 is 1.38 bits per heavy atom. The van der Waals surface area contributed by atoms with Gasteiger partial charge in [0.25, 0.3) is 0 Å². The third-order valence-electron chi connectivity index (χ3n) is 3.25. The van der Waals surface area contributed by atoms with Gasteiger partial charge in [-0.15, -0.1) is 11.3 Å². The van der Waals surface area contributed by atoms with Gasteiger partial charge >= 0.3 is 5.97 Å². The van der Waals surface area contributed by atoms with E-state index in [0.717, 1.165) is 17.7 Å². The van der Waals surface area contributed by atoms with Crippen molar-refractivity contribution in [3.8, 4) is 0 Å². The van der Waals surface area contributed by atoms with Crippen molar-refractivity contribution in [3.05, 3.63) is 44.8 Å². The number of nitrogens with zero attached hydrogens (tertiary/aromatic N) is 1. The third-order valence-corrected chi connectivity index (χ3v) is 4.27. The molecule has 2 rings (SSSR count). The summed E-state index contributed by atoms with van der Waals surface area (Å²) in [5, 5.41) is 12.6. The van der Waals surface area contributed by atoms with Crippen LogP contribution < -0.4 is 5.32 Å². The predicted octanol–water partition coefficient (Wildman–Crippen LogP) is 3.81. The van der Waals surface area contributed by atoms with Crippen molar-refractivity contribution in [3.63, 3.8) is 0 Å². The second kappa shape index (κ2) is 6.26. The van der Waals surface area contributed by atoms with Crippen molar-refractivity contribution < 1.29 is 9.90 Å². The summed E-state index contributed by atoms with van der Waals surface area (Å²) in [6.07, 6.45) is 0.853. The molecular weight excluding hydrogens is 284 g/mol. The van der Waals surface area contributed by atoms with E-state index in [2.05, 4.69) is 29.4 Å². The molecule has 0 aliphatic carbocycles. The Morgan fingerprint density at radius 3 is 2.67 bits per heavy atom. The number of pyridine rings is 1. The molecule has 0 radical (unpaired) electrons. The minimum atomic E-state index is -0.943. The molecule has 4 nitrogen and oxygen atoms in total. The van der Waals surface area contributed by atoms with E-state index in [9.17, 15) is 9.90 Å². The van der Waals surface area contributed by atoms with E-state index in [1.54, 1.807) is 24.3 Å². The summed E-state index contributed by atoms with van der Waals surface area (Å²) in [6, 6.07) is 6.13. The maximum atomic E-state index is 11.4. The van der Waals surface area contributed by atoms with Crippen LogP contribution in [0.1, 0.15) is 38.3 Å². The standard InChI is InChI=1S/C16H20N2O2S/c1-9-7-10(2)17-15(14(9)16(19)20)18-11(3)8-13-6-5-12(4)21-13/h5-7,11H,8H2,1-4H3,(H,17,18)(H,19,20). The number of aryl methyl sites for hydroxylation is 3. The number of hydrogen-bond donors (Lipinski definition) is 2. The van der Waals surface area contributed by atoms with Gasteiger partial charge < -0.3 is 10.4 Å². The molecule has 112 valence electrons. The fraction of sp³-hybridized carbons (Fsp3) is 0.375. The molecule has 1 atom stereocenters. The normalized spacial score (nSPS) is 12.2. The Morgan fingerprint density at radius 2 is 2.10 bits per heavy atom. The van der Waals surface area contributed by atoms with Gasteiger partial charge in [-0.25, -0.2) is 9.78 Å². The van der Waals surface area contributed by atoms with Crippen LogP contribution in [0.4, 0.5) is 5.82 Å². The number of nitrogens with one attached hydrogen (secondary N) is 1. The van der Waals surface area contributed by atoms with E-state index in [4.69, 9.17) is 0 Å². The predicted molar refractivity (Wildman–Crippen MR) is 86.5 cm³/mol. The molecule has 0 saturated carbocycles. The van der Waals surface area contributed by atoms with Crippen LogP contribution in [0.5, 0.6) is 0 Å². The largest absolute Gasteiger partial charge is 0.478 e. The molecule has 5 heteroatoms. The second-order valence-electron chi connectivity index (χ2n) is 5.37. The van der Waals surface area contributed by atoms with E-state index < -0.39 is 5.97 Å². The number of thiophene rings is 1. The summed E-state index contributed by atoms with van der Waals surface area (Å²) >= 11 is 1.77. The monoisotopic (exact) mass is 304 g/mol. The molecule has 0 fully saturated rings. The van der Waals surface area contributed by atoms with Crippen LogP contribution in [0, 0.1) is 20.8 Å². The van der Waals surface area contributed by atoms with Crippen LogP contribution >= 0.6 is 11.3 Å². The Bertz CT molecular complexity index is 664. The Labute approximate surface area is 128 Å². The molecule has 0 amide bonds. The van der Waals surface area contributed by atoms with Crippen molar-refractivity contribution in [1.82, 2.24) is 4.98 Å². The Hall–Kier alpha value is -1.88. The number of aromatic carboxylic acids is 1. The molecule has 0 spiro atoms. The van der Waals surface area contributed by atoms with E-state index in [1.807, 2.05) is 13.8 Å². The molecule has 2 N–H and O–H groups in total. The smallest absolute Gasteiger partial charge is 0.339 e. The summed E-state index contributed by atoms with van der Waals surface area (Å²) < 4.78 is 0. The summed E-state index contributed by atoms with van der Waals surface area (Å²) in [5.41, 5.74) is 1.81. The van der Waals surface area contributed by atoms with Gasteiger partial charge in [0, 0.05) is 27.9 Å². The zero-order valence-corrected chi connectivity index (χ0v) is 13.5. The molecule has 0 aliphatic heterocycles. The number of carbonyl (C=O) groups is 1. The number of anilines is 1. The van der Waals surface area contributed by atoms with Crippen molar-refractivity contribution in [2.24, 2.45) is 0 Å². The van der Waals surface area contributed by atoms with Crippen LogP contribution in [0.15, 0.2) is 18.2 Å². The Balaban J connectivity index is 2.20. The molecular formula is C16H20N2O2S. The summed E-state index contributed by atoms with van der Waals surface area (Å²) in [6.45, 7) is 7.80. The molecule has 21 heavy (non-hydrogen) atoms. The first-order chi connectivity index (χ1) is 9.86. The highest BCUT2D eigenvalue weighted by molar-refractivity contribution is 7.11. The quantitative estimate of drug-likeness (QED) is 0.881. The molecule has 2 aromatic heterocycles. The third kappa shape index (κ3) is 3.82. The zero-order chi connectivity index (χ0) is 15.6. The van der Waals surface area contributed by atoms with Crippen molar-refractivity contribution in [2.75, 3.05) is 5.32 Å². The minimum absolute atomic E-state index is 0.120. The highest BCUT2D eigenvalue weighted by Crippen LogP contribution is 2.22. The first-order valence-electron chi connectivity index (χ1n) is 6.90. The lowest BCUT2D eigenvalue weighted by Gasteiger charge is -2.17. The van der Waals surface area contributed by atoms with Crippen molar-refractivity contribution in [2.45, 2.75) is 40.2 Å². The number of carboxylic acids is 1. The van der Waals surface area contributed by atoms with Gasteiger partial charge in [0.05, 0.1) is 0 Å². The average Bonchev–Trinajstić information content (AvgIpc) is 2.72. The maximum absolute atomic E-state index is 11.4. The van der Waals surface area contributed by atoms with Gasteiger partial charge in [-0.1, -0.05) is 0 Å². The molecule has 0 bridgehead atoms. The fourth-order valence-electron chi connectivity index (χ4n) is 2.39. The summed E-state index contributed by atoms with van der Waals surface area (Å²) in [5.74, 6) is -0.484. The lowest BCUT2D eigenvalue weighted by atomic mass is 10.1. The van der Waals surface area contributed by atoms with Crippen molar-refractivity contribution in [1.29, 1.82) is 0 Å². The van der Waals surface area contributed by atoms with Gasteiger partial charge in [0.15, 0.2) is 0 Å². The maximum Gasteiger partial charge on any atom is 0.339 e. The van der Waals surface area contributed by atoms with Crippen LogP contribution in [-0.2, 0) is 6.42 Å². The lowest BCUT2D eigenvalue weighted by molar-refractivity contribution is 0.0697. The van der Waals surface area contributed by atoms with Gasteiger partial charge in [0.1, 0.15) is 11.4 Å².